The lowest BCUT2D eigenvalue weighted by Gasteiger charge is -2.37. The molecule has 0 aromatic heterocycles. The molecule has 6 heteroatoms. The summed E-state index contributed by atoms with van der Waals surface area (Å²) in [5, 5.41) is 8.83. The molecule has 0 aliphatic carbocycles. The van der Waals surface area contributed by atoms with Crippen LogP contribution >= 0.6 is 11.8 Å². The van der Waals surface area contributed by atoms with Crippen LogP contribution in [0.2, 0.25) is 0 Å². The van der Waals surface area contributed by atoms with Gasteiger partial charge in [-0.2, -0.15) is 0 Å². The Labute approximate surface area is 99.1 Å². The molecule has 1 fully saturated rings. The second-order valence-corrected chi connectivity index (χ2v) is 4.88. The van der Waals surface area contributed by atoms with Gasteiger partial charge in [0, 0.05) is 13.1 Å². The van der Waals surface area contributed by atoms with E-state index in [0.717, 1.165) is 0 Å². The number of amides is 1. The molecule has 1 heterocycles. The first-order valence-corrected chi connectivity index (χ1v) is 6.48. The van der Waals surface area contributed by atoms with E-state index >= 15 is 0 Å². The van der Waals surface area contributed by atoms with Crippen molar-refractivity contribution in [2.24, 2.45) is 0 Å². The highest BCUT2D eigenvalue weighted by Crippen LogP contribution is 2.35. The number of piperidine rings is 1. The zero-order valence-electron chi connectivity index (χ0n) is 9.56. The third-order valence-corrected chi connectivity index (χ3v) is 4.24. The number of ether oxygens (including phenoxy) is 1. The summed E-state index contributed by atoms with van der Waals surface area (Å²) in [6.45, 7) is 2.94. The summed E-state index contributed by atoms with van der Waals surface area (Å²) >= 11 is 1.46. The van der Waals surface area contributed by atoms with E-state index in [-0.39, 0.29) is 5.97 Å². The highest BCUT2D eigenvalue weighted by Gasteiger charge is 2.42. The Hall–Kier alpha value is -0.910. The molecule has 92 valence electrons. The molecule has 1 aliphatic rings. The normalized spacial score (nSPS) is 19.2. The standard InChI is InChI=1S/C10H17NO4S/c1-3-15-8(12)10(16-2)4-6-11(7-5-10)9(13)14/h3-7H2,1-2H3,(H,13,14). The van der Waals surface area contributed by atoms with Gasteiger partial charge in [-0.05, 0) is 26.0 Å². The van der Waals surface area contributed by atoms with Crippen molar-refractivity contribution in [2.45, 2.75) is 24.5 Å². The number of carbonyl (C=O) groups excluding carboxylic acids is 1. The summed E-state index contributed by atoms with van der Waals surface area (Å²) in [7, 11) is 0. The van der Waals surface area contributed by atoms with Crippen LogP contribution in [0.15, 0.2) is 0 Å². The van der Waals surface area contributed by atoms with Crippen LogP contribution in [0.5, 0.6) is 0 Å². The van der Waals surface area contributed by atoms with Crippen LogP contribution in [0.3, 0.4) is 0 Å². The summed E-state index contributed by atoms with van der Waals surface area (Å²) in [5.41, 5.74) is 0. The fourth-order valence-electron chi connectivity index (χ4n) is 1.81. The van der Waals surface area contributed by atoms with Crippen LogP contribution < -0.4 is 0 Å². The molecule has 0 spiro atoms. The minimum absolute atomic E-state index is 0.215. The zero-order chi connectivity index (χ0) is 12.2. The minimum atomic E-state index is -0.918. The van der Waals surface area contributed by atoms with Gasteiger partial charge in [0.05, 0.1) is 6.61 Å². The highest BCUT2D eigenvalue weighted by atomic mass is 32.2. The van der Waals surface area contributed by atoms with Gasteiger partial charge in [-0.1, -0.05) is 0 Å². The summed E-state index contributed by atoms with van der Waals surface area (Å²) in [4.78, 5) is 23.9. The summed E-state index contributed by atoms with van der Waals surface area (Å²) in [6.07, 6.45) is 2.00. The average molecular weight is 247 g/mol. The average Bonchev–Trinajstić information content (AvgIpc) is 2.29. The molecule has 0 radical (unpaired) electrons. The second kappa shape index (κ2) is 5.43. The minimum Gasteiger partial charge on any atom is -0.465 e. The lowest BCUT2D eigenvalue weighted by Crippen LogP contribution is -2.49. The maximum absolute atomic E-state index is 11.8. The molecule has 0 atom stereocenters. The molecule has 1 amide bonds. The molecule has 0 aromatic carbocycles. The van der Waals surface area contributed by atoms with Crippen LogP contribution in [0.25, 0.3) is 0 Å². The molecule has 1 N–H and O–H groups in total. The van der Waals surface area contributed by atoms with Gasteiger partial charge in [-0.25, -0.2) is 4.79 Å². The van der Waals surface area contributed by atoms with Gasteiger partial charge in [0.25, 0.3) is 0 Å². The Morgan fingerprint density at radius 3 is 2.38 bits per heavy atom. The first kappa shape index (κ1) is 13.2. The second-order valence-electron chi connectivity index (χ2n) is 3.69. The number of carboxylic acid groups (broad SMARTS) is 1. The molecular formula is C10H17NO4S. The summed E-state index contributed by atoms with van der Waals surface area (Å²) < 4.78 is 4.49. The van der Waals surface area contributed by atoms with E-state index in [1.165, 1.54) is 16.7 Å². The van der Waals surface area contributed by atoms with Crippen molar-refractivity contribution < 1.29 is 19.4 Å². The van der Waals surface area contributed by atoms with E-state index in [9.17, 15) is 9.59 Å². The summed E-state index contributed by atoms with van der Waals surface area (Å²) in [6, 6.07) is 0. The Bertz CT molecular complexity index is 274. The van der Waals surface area contributed by atoms with E-state index in [1.807, 2.05) is 6.26 Å². The number of hydrogen-bond acceptors (Lipinski definition) is 4. The van der Waals surface area contributed by atoms with Gasteiger partial charge in [0.15, 0.2) is 0 Å². The van der Waals surface area contributed by atoms with Crippen LogP contribution in [0.4, 0.5) is 4.79 Å². The van der Waals surface area contributed by atoms with Crippen molar-refractivity contribution in [1.29, 1.82) is 0 Å². The molecule has 16 heavy (non-hydrogen) atoms. The van der Waals surface area contributed by atoms with Crippen molar-refractivity contribution in [2.75, 3.05) is 26.0 Å². The molecule has 0 aromatic rings. The molecule has 0 saturated carbocycles. The number of likely N-dealkylation sites (tertiary alicyclic amines) is 1. The van der Waals surface area contributed by atoms with Crippen LogP contribution in [0.1, 0.15) is 19.8 Å². The molecule has 0 unspecified atom stereocenters. The van der Waals surface area contributed by atoms with Crippen molar-refractivity contribution in [3.63, 3.8) is 0 Å². The number of rotatable bonds is 3. The number of carbonyl (C=O) groups is 2. The maximum atomic E-state index is 11.8. The zero-order valence-corrected chi connectivity index (χ0v) is 10.4. The SMILES string of the molecule is CCOC(=O)C1(SC)CCN(C(=O)O)CC1. The van der Waals surface area contributed by atoms with Crippen molar-refractivity contribution in [3.05, 3.63) is 0 Å². The topological polar surface area (TPSA) is 66.8 Å². The van der Waals surface area contributed by atoms with E-state index in [2.05, 4.69) is 0 Å². The Kier molecular flexibility index (Phi) is 4.46. The van der Waals surface area contributed by atoms with Crippen LogP contribution in [0, 0.1) is 0 Å². The third-order valence-electron chi connectivity index (χ3n) is 2.88. The largest absolute Gasteiger partial charge is 0.465 e. The first-order chi connectivity index (χ1) is 7.55. The van der Waals surface area contributed by atoms with Gasteiger partial charge in [-0.3, -0.25) is 4.79 Å². The Morgan fingerprint density at radius 2 is 2.00 bits per heavy atom. The monoisotopic (exact) mass is 247 g/mol. The predicted molar refractivity (Wildman–Crippen MR) is 61.7 cm³/mol. The number of nitrogens with zero attached hydrogens (tertiary/aromatic N) is 1. The van der Waals surface area contributed by atoms with Crippen molar-refractivity contribution >= 4 is 23.8 Å². The first-order valence-electron chi connectivity index (χ1n) is 5.26. The quantitative estimate of drug-likeness (QED) is 0.764. The van der Waals surface area contributed by atoms with Gasteiger partial charge < -0.3 is 14.7 Å². The molecule has 0 bridgehead atoms. The van der Waals surface area contributed by atoms with Crippen molar-refractivity contribution in [3.8, 4) is 0 Å². The third kappa shape index (κ3) is 2.61. The van der Waals surface area contributed by atoms with Gasteiger partial charge in [-0.15, -0.1) is 11.8 Å². The lowest BCUT2D eigenvalue weighted by molar-refractivity contribution is -0.147. The highest BCUT2D eigenvalue weighted by molar-refractivity contribution is 8.00. The predicted octanol–water partition coefficient (Wildman–Crippen LogP) is 1.43. The van der Waals surface area contributed by atoms with E-state index in [1.54, 1.807) is 6.92 Å². The molecule has 5 nitrogen and oxygen atoms in total. The van der Waals surface area contributed by atoms with Crippen LogP contribution in [-0.4, -0.2) is 52.8 Å². The van der Waals surface area contributed by atoms with E-state index in [4.69, 9.17) is 9.84 Å². The van der Waals surface area contributed by atoms with Crippen LogP contribution in [-0.2, 0) is 9.53 Å². The Morgan fingerprint density at radius 1 is 1.44 bits per heavy atom. The van der Waals surface area contributed by atoms with E-state index in [0.29, 0.717) is 32.5 Å². The molecule has 1 aliphatic heterocycles. The fourth-order valence-corrected chi connectivity index (χ4v) is 2.63. The number of hydrogen-bond donors (Lipinski definition) is 1. The van der Waals surface area contributed by atoms with Crippen molar-refractivity contribution in [1.82, 2.24) is 4.90 Å². The molecular weight excluding hydrogens is 230 g/mol. The summed E-state index contributed by atoms with van der Waals surface area (Å²) in [5.74, 6) is -0.215. The van der Waals surface area contributed by atoms with Gasteiger partial charge >= 0.3 is 12.1 Å². The maximum Gasteiger partial charge on any atom is 0.407 e. The molecule has 1 rings (SSSR count). The van der Waals surface area contributed by atoms with Gasteiger partial charge in [0.1, 0.15) is 4.75 Å². The van der Waals surface area contributed by atoms with Gasteiger partial charge in [0.2, 0.25) is 0 Å². The smallest absolute Gasteiger partial charge is 0.407 e. The molecule has 1 saturated heterocycles. The Balaban J connectivity index is 2.64. The van der Waals surface area contributed by atoms with E-state index < -0.39 is 10.8 Å². The fraction of sp³-hybridized carbons (Fsp3) is 0.800. The number of thioether (sulfide) groups is 1. The lowest BCUT2D eigenvalue weighted by atomic mass is 9.96. The number of esters is 1.